The summed E-state index contributed by atoms with van der Waals surface area (Å²) in [5.74, 6) is -9.79. The third kappa shape index (κ3) is 9.20. The highest BCUT2D eigenvalue weighted by Gasteiger charge is 2.51. The van der Waals surface area contributed by atoms with Gasteiger partial charge >= 0.3 is 11.9 Å². The van der Waals surface area contributed by atoms with Crippen LogP contribution in [-0.2, 0) is 35.3 Å². The van der Waals surface area contributed by atoms with Crippen LogP contribution in [0.1, 0.15) is 59.4 Å². The minimum atomic E-state index is -4.23. The first-order valence-electron chi connectivity index (χ1n) is 14.1. The number of aliphatic hydroxyl groups is 1. The second-order valence-electron chi connectivity index (χ2n) is 11.0. The lowest BCUT2D eigenvalue weighted by atomic mass is 9.93. The van der Waals surface area contributed by atoms with Crippen molar-refractivity contribution in [2.24, 2.45) is 11.8 Å². The van der Waals surface area contributed by atoms with Gasteiger partial charge in [-0.15, -0.1) is 0 Å². The lowest BCUT2D eigenvalue weighted by Gasteiger charge is -2.34. The third-order valence-electron chi connectivity index (χ3n) is 7.04. The third-order valence-corrected chi connectivity index (χ3v) is 7.04. The van der Waals surface area contributed by atoms with Crippen LogP contribution >= 0.6 is 0 Å². The molecule has 1 aromatic rings. The first kappa shape index (κ1) is 34.6. The predicted molar refractivity (Wildman–Crippen MR) is 149 cm³/mol. The van der Waals surface area contributed by atoms with Crippen LogP contribution in [0.5, 0.6) is 0 Å². The van der Waals surface area contributed by atoms with E-state index in [2.05, 4.69) is 16.0 Å². The summed E-state index contributed by atoms with van der Waals surface area (Å²) in [5, 5.41) is 17.7. The average Bonchev–Trinajstić information content (AvgIpc) is 3.43. The van der Waals surface area contributed by atoms with Gasteiger partial charge in [-0.2, -0.15) is 8.78 Å². The van der Waals surface area contributed by atoms with E-state index in [4.69, 9.17) is 4.74 Å². The van der Waals surface area contributed by atoms with Crippen molar-refractivity contribution in [3.63, 3.8) is 0 Å². The highest BCUT2D eigenvalue weighted by atomic mass is 19.3. The fraction of sp³-hybridized carbons (Fsp3) is 0.621. The lowest BCUT2D eigenvalue weighted by molar-refractivity contribution is -0.170. The molecule has 234 valence electrons. The van der Waals surface area contributed by atoms with Gasteiger partial charge in [0, 0.05) is 13.1 Å². The smallest absolute Gasteiger partial charge is 0.351 e. The van der Waals surface area contributed by atoms with Crippen molar-refractivity contribution in [2.45, 2.75) is 90.6 Å². The van der Waals surface area contributed by atoms with Gasteiger partial charge in [0.1, 0.15) is 24.6 Å². The summed E-state index contributed by atoms with van der Waals surface area (Å²) in [5.41, 5.74) is 0.590. The predicted octanol–water partition coefficient (Wildman–Crippen LogP) is 1.52. The van der Waals surface area contributed by atoms with E-state index in [1.165, 1.54) is 18.7 Å². The molecule has 1 fully saturated rings. The Morgan fingerprint density at radius 1 is 1.05 bits per heavy atom. The number of aliphatic hydroxyl groups excluding tert-OH is 1. The number of nitrogens with zero attached hydrogens (tertiary/aromatic N) is 1. The molecular weight excluding hydrogens is 554 g/mol. The number of nitrogens with one attached hydrogen (secondary N) is 3. The van der Waals surface area contributed by atoms with Crippen molar-refractivity contribution in [3.8, 4) is 0 Å². The van der Waals surface area contributed by atoms with Gasteiger partial charge in [-0.3, -0.25) is 24.0 Å². The zero-order valence-corrected chi connectivity index (χ0v) is 24.7. The molecule has 0 aliphatic carbocycles. The normalized spacial score (nSPS) is 17.4. The molecule has 4 atom stereocenters. The number of hydrogen-bond donors (Lipinski definition) is 4. The number of hydrogen-bond acceptors (Lipinski definition) is 7. The molecule has 0 bridgehead atoms. The zero-order valence-electron chi connectivity index (χ0n) is 24.7. The van der Waals surface area contributed by atoms with Crippen LogP contribution in [0.3, 0.4) is 0 Å². The van der Waals surface area contributed by atoms with Crippen LogP contribution in [0.4, 0.5) is 8.78 Å². The maximum Gasteiger partial charge on any atom is 0.351 e. The Morgan fingerprint density at radius 3 is 2.26 bits per heavy atom. The van der Waals surface area contributed by atoms with Gasteiger partial charge in [0.25, 0.3) is 5.91 Å². The largest absolute Gasteiger partial charge is 0.466 e. The number of likely N-dealkylation sites (tertiary alicyclic amines) is 1. The van der Waals surface area contributed by atoms with Gasteiger partial charge in [-0.05, 0) is 37.2 Å². The van der Waals surface area contributed by atoms with E-state index in [1.807, 2.05) is 0 Å². The molecule has 4 N–H and O–H groups in total. The van der Waals surface area contributed by atoms with Gasteiger partial charge in [0.15, 0.2) is 0 Å². The fourth-order valence-electron chi connectivity index (χ4n) is 4.69. The molecule has 0 aromatic heterocycles. The van der Waals surface area contributed by atoms with Gasteiger partial charge in [0.05, 0.1) is 12.6 Å². The summed E-state index contributed by atoms with van der Waals surface area (Å²) in [4.78, 5) is 64.4. The molecule has 42 heavy (non-hydrogen) atoms. The van der Waals surface area contributed by atoms with Gasteiger partial charge < -0.3 is 30.7 Å². The summed E-state index contributed by atoms with van der Waals surface area (Å²) in [7, 11) is 0. The molecule has 4 unspecified atom stereocenters. The van der Waals surface area contributed by atoms with E-state index >= 15 is 8.78 Å². The quantitative estimate of drug-likeness (QED) is 0.188. The number of alkyl halides is 2. The first-order chi connectivity index (χ1) is 19.7. The van der Waals surface area contributed by atoms with Crippen molar-refractivity contribution < 1.29 is 42.6 Å². The highest BCUT2D eigenvalue weighted by Crippen LogP contribution is 2.27. The van der Waals surface area contributed by atoms with Gasteiger partial charge in [-0.25, -0.2) is 0 Å². The standard InChI is InChI=1S/C29H42F2N4O7/c1-6-42-22(37)15-21(36)33-24(18(4)5)27(40)35-14-10-13-20(35)26(39)34-23(17(2)3)25(38)29(30,31)28(41)32-16-19-11-8-7-9-12-19/h7-9,11-12,17-18,20,23-25,38H,6,10,13-16H2,1-5H3,(H,32,41)(H,33,36)(H,34,39). The average molecular weight is 597 g/mol. The number of ether oxygens (including phenoxy) is 1. The van der Waals surface area contributed by atoms with Crippen molar-refractivity contribution in [1.29, 1.82) is 0 Å². The summed E-state index contributed by atoms with van der Waals surface area (Å²) in [6, 6.07) is 4.81. The molecule has 1 aliphatic heterocycles. The molecule has 1 aliphatic rings. The highest BCUT2D eigenvalue weighted by molar-refractivity contribution is 5.97. The maximum absolute atomic E-state index is 15.1. The summed E-state index contributed by atoms with van der Waals surface area (Å²) >= 11 is 0. The number of esters is 1. The Morgan fingerprint density at radius 2 is 1.69 bits per heavy atom. The Balaban J connectivity index is 2.12. The molecule has 1 heterocycles. The summed E-state index contributed by atoms with van der Waals surface area (Å²) in [6.07, 6.45) is -2.45. The van der Waals surface area contributed by atoms with Crippen LogP contribution in [-0.4, -0.2) is 82.9 Å². The fourth-order valence-corrected chi connectivity index (χ4v) is 4.69. The molecular formula is C29H42F2N4O7. The van der Waals surface area contributed by atoms with E-state index in [1.54, 1.807) is 51.1 Å². The molecule has 0 radical (unpaired) electrons. The van der Waals surface area contributed by atoms with Crippen LogP contribution < -0.4 is 16.0 Å². The van der Waals surface area contributed by atoms with Crippen LogP contribution in [0.2, 0.25) is 0 Å². The Bertz CT molecular complexity index is 1100. The maximum atomic E-state index is 15.1. The number of halogens is 2. The molecule has 13 heteroatoms. The summed E-state index contributed by atoms with van der Waals surface area (Å²) in [6.45, 7) is 8.10. The minimum Gasteiger partial charge on any atom is -0.466 e. The Kier molecular flexibility index (Phi) is 12.8. The molecule has 0 spiro atoms. The van der Waals surface area contributed by atoms with Gasteiger partial charge in [0.2, 0.25) is 17.7 Å². The first-order valence-corrected chi connectivity index (χ1v) is 14.1. The second kappa shape index (κ2) is 15.6. The number of benzene rings is 1. The monoisotopic (exact) mass is 596 g/mol. The molecule has 0 saturated carbocycles. The van der Waals surface area contributed by atoms with Crippen LogP contribution in [0, 0.1) is 11.8 Å². The van der Waals surface area contributed by atoms with Gasteiger partial charge in [-0.1, -0.05) is 58.0 Å². The number of rotatable bonds is 14. The molecule has 1 saturated heterocycles. The van der Waals surface area contributed by atoms with E-state index in [0.29, 0.717) is 12.0 Å². The number of amides is 4. The van der Waals surface area contributed by atoms with Crippen molar-refractivity contribution in [1.82, 2.24) is 20.9 Å². The zero-order chi connectivity index (χ0) is 31.6. The van der Waals surface area contributed by atoms with Crippen LogP contribution in [0.25, 0.3) is 0 Å². The van der Waals surface area contributed by atoms with Crippen molar-refractivity contribution >= 4 is 29.6 Å². The summed E-state index contributed by atoms with van der Waals surface area (Å²) < 4.78 is 34.9. The van der Waals surface area contributed by atoms with Crippen molar-refractivity contribution in [2.75, 3.05) is 13.2 Å². The lowest BCUT2D eigenvalue weighted by Crippen LogP contribution is -2.61. The topological polar surface area (TPSA) is 154 Å². The second-order valence-corrected chi connectivity index (χ2v) is 11.0. The van der Waals surface area contributed by atoms with E-state index < -0.39 is 78.0 Å². The van der Waals surface area contributed by atoms with E-state index in [9.17, 15) is 29.1 Å². The van der Waals surface area contributed by atoms with Crippen molar-refractivity contribution in [3.05, 3.63) is 35.9 Å². The molecule has 4 amide bonds. The van der Waals surface area contributed by atoms with E-state index in [-0.39, 0.29) is 26.1 Å². The number of carbonyl (C=O) groups is 5. The minimum absolute atomic E-state index is 0.0968. The molecule has 11 nitrogen and oxygen atoms in total. The Labute approximate surface area is 244 Å². The molecule has 2 rings (SSSR count). The number of carbonyl (C=O) groups excluding carboxylic acids is 5. The van der Waals surface area contributed by atoms with E-state index in [0.717, 1.165) is 0 Å². The Hall–Kier alpha value is -3.61. The SMILES string of the molecule is CCOC(=O)CC(=O)NC(C(=O)N1CCCC1C(=O)NC(C(C)C)C(O)C(F)(F)C(=O)NCc1ccccc1)C(C)C. The van der Waals surface area contributed by atoms with Crippen LogP contribution in [0.15, 0.2) is 30.3 Å². The molecule has 1 aromatic carbocycles.